The van der Waals surface area contributed by atoms with Crippen LogP contribution >= 0.6 is 0 Å². The standard InChI is InChI=1S/C25H28N2O5/c1-3-25(2,23(29)30)27-22(28)20-12-15(20)13-26-24(31)32-14-21-18-10-6-4-8-16(18)17-9-5-7-11-19(17)21/h4-11,15,20-21H,3,12-14H2,1-2H3,(H,26,31)(H,27,28)(H,29,30). The summed E-state index contributed by atoms with van der Waals surface area (Å²) in [7, 11) is 0. The van der Waals surface area contributed by atoms with E-state index in [1.54, 1.807) is 6.92 Å². The molecule has 2 amide bonds. The van der Waals surface area contributed by atoms with E-state index in [4.69, 9.17) is 4.74 Å². The van der Waals surface area contributed by atoms with Gasteiger partial charge < -0.3 is 20.5 Å². The number of ether oxygens (including phenoxy) is 1. The number of carboxylic acid groups (broad SMARTS) is 1. The second-order valence-corrected chi connectivity index (χ2v) is 8.79. The van der Waals surface area contributed by atoms with E-state index >= 15 is 0 Å². The van der Waals surface area contributed by atoms with Crippen molar-refractivity contribution < 1.29 is 24.2 Å². The lowest BCUT2D eigenvalue weighted by atomic mass is 9.98. The molecule has 2 aromatic rings. The fraction of sp³-hybridized carbons (Fsp3) is 0.400. The first kappa shape index (κ1) is 21.9. The maximum Gasteiger partial charge on any atom is 0.407 e. The van der Waals surface area contributed by atoms with E-state index in [-0.39, 0.29) is 30.3 Å². The number of hydrogen-bond acceptors (Lipinski definition) is 4. The molecule has 0 saturated heterocycles. The summed E-state index contributed by atoms with van der Waals surface area (Å²) in [5, 5.41) is 14.7. The Hall–Kier alpha value is -3.35. The zero-order chi connectivity index (χ0) is 22.9. The van der Waals surface area contributed by atoms with E-state index in [0.29, 0.717) is 19.4 Å². The third kappa shape index (κ3) is 4.20. The number of aliphatic carboxylic acids is 1. The zero-order valence-electron chi connectivity index (χ0n) is 18.3. The first-order valence-electron chi connectivity index (χ1n) is 11.0. The number of hydrogen-bond donors (Lipinski definition) is 3. The summed E-state index contributed by atoms with van der Waals surface area (Å²) in [6, 6.07) is 16.3. The second kappa shape index (κ2) is 8.65. The van der Waals surface area contributed by atoms with Crippen molar-refractivity contribution in [3.8, 4) is 11.1 Å². The smallest absolute Gasteiger partial charge is 0.407 e. The summed E-state index contributed by atoms with van der Waals surface area (Å²) in [5.41, 5.74) is 3.37. The lowest BCUT2D eigenvalue weighted by Crippen LogP contribution is -2.52. The van der Waals surface area contributed by atoms with Gasteiger partial charge in [-0.15, -0.1) is 0 Å². The van der Waals surface area contributed by atoms with Crippen LogP contribution in [0.2, 0.25) is 0 Å². The second-order valence-electron chi connectivity index (χ2n) is 8.79. The minimum Gasteiger partial charge on any atom is -0.480 e. The summed E-state index contributed by atoms with van der Waals surface area (Å²) in [4.78, 5) is 36.0. The average molecular weight is 437 g/mol. The minimum absolute atomic E-state index is 0.00431. The van der Waals surface area contributed by atoms with Crippen LogP contribution in [0.4, 0.5) is 4.79 Å². The van der Waals surface area contributed by atoms with Gasteiger partial charge in [0.2, 0.25) is 5.91 Å². The van der Waals surface area contributed by atoms with Crippen LogP contribution in [0.5, 0.6) is 0 Å². The highest BCUT2D eigenvalue weighted by Gasteiger charge is 2.46. The van der Waals surface area contributed by atoms with Gasteiger partial charge in [0, 0.05) is 18.4 Å². The molecule has 0 aromatic heterocycles. The van der Waals surface area contributed by atoms with Crippen LogP contribution in [0.25, 0.3) is 11.1 Å². The molecular formula is C25H28N2O5. The van der Waals surface area contributed by atoms with Gasteiger partial charge in [0.05, 0.1) is 0 Å². The van der Waals surface area contributed by atoms with Gasteiger partial charge in [-0.1, -0.05) is 55.5 Å². The number of fused-ring (bicyclic) bond motifs is 3. The monoisotopic (exact) mass is 436 g/mol. The third-order valence-electron chi connectivity index (χ3n) is 6.69. The number of amides is 2. The van der Waals surface area contributed by atoms with Crippen molar-refractivity contribution in [2.75, 3.05) is 13.2 Å². The van der Waals surface area contributed by atoms with Crippen molar-refractivity contribution in [2.45, 2.75) is 38.1 Å². The molecule has 1 fully saturated rings. The molecule has 0 bridgehead atoms. The van der Waals surface area contributed by atoms with Gasteiger partial charge >= 0.3 is 12.1 Å². The first-order valence-corrected chi connectivity index (χ1v) is 11.0. The third-order valence-corrected chi connectivity index (χ3v) is 6.69. The molecule has 7 nitrogen and oxygen atoms in total. The van der Waals surface area contributed by atoms with Crippen LogP contribution in [-0.4, -0.2) is 41.8 Å². The molecule has 1 saturated carbocycles. The maximum absolute atomic E-state index is 12.4. The Morgan fingerprint density at radius 2 is 1.66 bits per heavy atom. The van der Waals surface area contributed by atoms with Crippen LogP contribution in [0.3, 0.4) is 0 Å². The highest BCUT2D eigenvalue weighted by atomic mass is 16.5. The Balaban J connectivity index is 1.27. The Morgan fingerprint density at radius 3 is 2.22 bits per heavy atom. The molecule has 7 heteroatoms. The number of carboxylic acids is 1. The first-order chi connectivity index (χ1) is 15.3. The Labute approximate surface area is 187 Å². The predicted octanol–water partition coefficient (Wildman–Crippen LogP) is 3.53. The molecule has 0 aliphatic heterocycles. The molecule has 32 heavy (non-hydrogen) atoms. The SMILES string of the molecule is CCC(C)(NC(=O)C1CC1CNC(=O)OCC1c2ccccc2-c2ccccc21)C(=O)O. The number of alkyl carbamates (subject to hydrolysis) is 1. The van der Waals surface area contributed by atoms with Gasteiger partial charge in [-0.05, 0) is 47.9 Å². The van der Waals surface area contributed by atoms with Gasteiger partial charge in [0.25, 0.3) is 0 Å². The van der Waals surface area contributed by atoms with Crippen LogP contribution < -0.4 is 10.6 Å². The van der Waals surface area contributed by atoms with Crippen LogP contribution in [-0.2, 0) is 14.3 Å². The fourth-order valence-corrected chi connectivity index (χ4v) is 4.32. The van der Waals surface area contributed by atoms with E-state index < -0.39 is 17.6 Å². The molecule has 2 aromatic carbocycles. The van der Waals surface area contributed by atoms with Crippen molar-refractivity contribution in [2.24, 2.45) is 11.8 Å². The largest absolute Gasteiger partial charge is 0.480 e. The molecule has 168 valence electrons. The van der Waals surface area contributed by atoms with Gasteiger partial charge in [0.15, 0.2) is 0 Å². The highest BCUT2D eigenvalue weighted by Crippen LogP contribution is 2.44. The van der Waals surface area contributed by atoms with Crippen molar-refractivity contribution in [1.82, 2.24) is 10.6 Å². The number of nitrogens with one attached hydrogen (secondary N) is 2. The number of benzene rings is 2. The maximum atomic E-state index is 12.4. The highest BCUT2D eigenvalue weighted by molar-refractivity contribution is 5.89. The average Bonchev–Trinajstić information content (AvgIpc) is 3.51. The Morgan fingerprint density at radius 1 is 1.06 bits per heavy atom. The fourth-order valence-electron chi connectivity index (χ4n) is 4.32. The van der Waals surface area contributed by atoms with Crippen molar-refractivity contribution in [1.29, 1.82) is 0 Å². The van der Waals surface area contributed by atoms with Crippen molar-refractivity contribution in [3.05, 3.63) is 59.7 Å². The van der Waals surface area contributed by atoms with Crippen LogP contribution in [0.15, 0.2) is 48.5 Å². The van der Waals surface area contributed by atoms with E-state index in [9.17, 15) is 19.5 Å². The lowest BCUT2D eigenvalue weighted by Gasteiger charge is -2.24. The van der Waals surface area contributed by atoms with E-state index in [2.05, 4.69) is 34.9 Å². The number of rotatable bonds is 8. The van der Waals surface area contributed by atoms with Gasteiger partial charge in [0.1, 0.15) is 12.1 Å². The zero-order valence-corrected chi connectivity index (χ0v) is 18.3. The minimum atomic E-state index is -1.27. The lowest BCUT2D eigenvalue weighted by molar-refractivity contribution is -0.147. The Bertz CT molecular complexity index is 1010. The quantitative estimate of drug-likeness (QED) is 0.587. The summed E-state index contributed by atoms with van der Waals surface area (Å²) >= 11 is 0. The Kier molecular flexibility index (Phi) is 5.91. The van der Waals surface area contributed by atoms with Crippen LogP contribution in [0, 0.1) is 11.8 Å². The number of carbonyl (C=O) groups excluding carboxylic acids is 2. The van der Waals surface area contributed by atoms with E-state index in [0.717, 1.165) is 11.1 Å². The van der Waals surface area contributed by atoms with Crippen molar-refractivity contribution >= 4 is 18.0 Å². The summed E-state index contributed by atoms with van der Waals surface area (Å²) in [6.07, 6.45) is 0.403. The van der Waals surface area contributed by atoms with Crippen LogP contribution in [0.1, 0.15) is 43.7 Å². The molecule has 3 unspecified atom stereocenters. The molecule has 0 heterocycles. The molecule has 2 aliphatic rings. The summed E-state index contributed by atoms with van der Waals surface area (Å²) < 4.78 is 5.51. The molecule has 0 spiro atoms. The van der Waals surface area contributed by atoms with Gasteiger partial charge in [-0.25, -0.2) is 9.59 Å². The van der Waals surface area contributed by atoms with Gasteiger partial charge in [-0.3, -0.25) is 4.79 Å². The topological polar surface area (TPSA) is 105 Å². The number of carbonyl (C=O) groups is 3. The predicted molar refractivity (Wildman–Crippen MR) is 119 cm³/mol. The normalized spacial score (nSPS) is 20.4. The molecule has 3 atom stereocenters. The van der Waals surface area contributed by atoms with Crippen molar-refractivity contribution in [3.63, 3.8) is 0 Å². The molecular weight excluding hydrogens is 408 g/mol. The van der Waals surface area contributed by atoms with E-state index in [1.165, 1.54) is 18.1 Å². The summed E-state index contributed by atoms with van der Waals surface area (Å²) in [5.74, 6) is -1.63. The van der Waals surface area contributed by atoms with Gasteiger partial charge in [-0.2, -0.15) is 0 Å². The summed E-state index contributed by atoms with van der Waals surface area (Å²) in [6.45, 7) is 3.78. The molecule has 3 N–H and O–H groups in total. The molecule has 4 rings (SSSR count). The molecule has 0 radical (unpaired) electrons. The van der Waals surface area contributed by atoms with E-state index in [1.807, 2.05) is 24.3 Å². The molecule has 2 aliphatic carbocycles.